The molecule has 2 nitrogen and oxygen atoms in total. The molecule has 0 bridgehead atoms. The van der Waals surface area contributed by atoms with E-state index >= 15 is 0 Å². The largest absolute Gasteiger partial charge is 0.487 e. The molecule has 108 valence electrons. The number of ether oxygens (including phenoxy) is 1. The van der Waals surface area contributed by atoms with Gasteiger partial charge in [-0.3, -0.25) is 0 Å². The van der Waals surface area contributed by atoms with E-state index in [1.54, 1.807) is 0 Å². The summed E-state index contributed by atoms with van der Waals surface area (Å²) in [5, 5.41) is 8.93. The number of halogens is 3. The number of hydrogen-bond acceptors (Lipinski definition) is 2. The van der Waals surface area contributed by atoms with Crippen LogP contribution in [0.15, 0.2) is 36.4 Å². The molecule has 0 aliphatic rings. The highest BCUT2D eigenvalue weighted by Crippen LogP contribution is 2.23. The summed E-state index contributed by atoms with van der Waals surface area (Å²) in [5.74, 6) is 4.46. The highest BCUT2D eigenvalue weighted by atomic mass is 35.5. The average molecular weight is 309 g/mol. The van der Waals surface area contributed by atoms with Crippen LogP contribution >= 0.6 is 11.6 Å². The number of aliphatic hydroxyl groups excluding tert-OH is 1. The molecule has 0 fully saturated rings. The summed E-state index contributed by atoms with van der Waals surface area (Å²) < 4.78 is 31.7. The highest BCUT2D eigenvalue weighted by molar-refractivity contribution is 6.31. The minimum absolute atomic E-state index is 0.0520. The van der Waals surface area contributed by atoms with E-state index in [0.29, 0.717) is 11.1 Å². The third-order valence-corrected chi connectivity index (χ3v) is 3.00. The first-order valence-corrected chi connectivity index (χ1v) is 6.44. The van der Waals surface area contributed by atoms with Crippen LogP contribution in [0.1, 0.15) is 11.1 Å². The first kappa shape index (κ1) is 15.3. The van der Waals surface area contributed by atoms with Crippen LogP contribution in [0.3, 0.4) is 0 Å². The van der Waals surface area contributed by atoms with Crippen LogP contribution in [0.5, 0.6) is 5.75 Å². The number of benzene rings is 2. The molecule has 2 aromatic rings. The first-order chi connectivity index (χ1) is 10.1. The first-order valence-electron chi connectivity index (χ1n) is 6.06. The molecular formula is C16H11ClF2O2. The predicted octanol–water partition coefficient (Wildman–Crippen LogP) is 3.54. The summed E-state index contributed by atoms with van der Waals surface area (Å²) in [5.41, 5.74) is 1.02. The van der Waals surface area contributed by atoms with Crippen molar-refractivity contribution in [2.24, 2.45) is 0 Å². The Morgan fingerprint density at radius 2 is 1.81 bits per heavy atom. The minimum atomic E-state index is -0.468. The second-order valence-electron chi connectivity index (χ2n) is 4.12. The van der Waals surface area contributed by atoms with Gasteiger partial charge < -0.3 is 9.84 Å². The zero-order valence-electron chi connectivity index (χ0n) is 10.9. The molecule has 5 heteroatoms. The molecule has 0 atom stereocenters. The lowest BCUT2D eigenvalue weighted by molar-refractivity contribution is 0.303. The Labute approximate surface area is 125 Å². The Morgan fingerprint density at radius 3 is 2.52 bits per heavy atom. The van der Waals surface area contributed by atoms with Gasteiger partial charge in [0.05, 0.1) is 10.6 Å². The summed E-state index contributed by atoms with van der Waals surface area (Å²) in [6.07, 6.45) is 0. The fraction of sp³-hybridized carbons (Fsp3) is 0.125. The molecule has 0 heterocycles. The van der Waals surface area contributed by atoms with Crippen molar-refractivity contribution >= 4 is 11.6 Å². The van der Waals surface area contributed by atoms with Crippen molar-refractivity contribution in [3.63, 3.8) is 0 Å². The van der Waals surface area contributed by atoms with Gasteiger partial charge in [-0.05, 0) is 24.3 Å². The summed E-state index contributed by atoms with van der Waals surface area (Å²) in [6.45, 7) is -0.253. The summed E-state index contributed by atoms with van der Waals surface area (Å²) in [6, 6.07) is 7.84. The molecule has 0 aromatic heterocycles. The SMILES string of the molecule is OCC#Cc1ccc(F)cc1OCc1ccc(F)cc1Cl. The van der Waals surface area contributed by atoms with Gasteiger partial charge in [0.2, 0.25) is 0 Å². The monoisotopic (exact) mass is 308 g/mol. The molecule has 0 saturated carbocycles. The lowest BCUT2D eigenvalue weighted by Crippen LogP contribution is -1.99. The zero-order chi connectivity index (χ0) is 15.2. The summed E-state index contributed by atoms with van der Waals surface area (Å²) in [4.78, 5) is 0. The average Bonchev–Trinajstić information content (AvgIpc) is 2.45. The quantitative estimate of drug-likeness (QED) is 0.879. The standard InChI is InChI=1S/C16H11ClF2O2/c17-15-8-13(18)6-4-12(15)10-21-16-9-14(19)5-3-11(16)2-1-7-20/h3-6,8-9,20H,7,10H2. The molecule has 0 saturated heterocycles. The van der Waals surface area contributed by atoms with E-state index in [1.165, 1.54) is 36.4 Å². The van der Waals surface area contributed by atoms with Gasteiger partial charge in [-0.2, -0.15) is 0 Å². The van der Waals surface area contributed by atoms with Crippen molar-refractivity contribution in [2.45, 2.75) is 6.61 Å². The molecule has 0 aliphatic heterocycles. The Kier molecular flexibility index (Phi) is 5.15. The van der Waals surface area contributed by atoms with E-state index in [0.717, 1.165) is 0 Å². The van der Waals surface area contributed by atoms with Crippen LogP contribution in [0.25, 0.3) is 0 Å². The van der Waals surface area contributed by atoms with E-state index in [4.69, 9.17) is 21.4 Å². The van der Waals surface area contributed by atoms with Crippen LogP contribution in [-0.2, 0) is 6.61 Å². The lowest BCUT2D eigenvalue weighted by atomic mass is 10.2. The van der Waals surface area contributed by atoms with Crippen molar-refractivity contribution in [3.8, 4) is 17.6 Å². The van der Waals surface area contributed by atoms with Crippen LogP contribution in [0.4, 0.5) is 8.78 Å². The lowest BCUT2D eigenvalue weighted by Gasteiger charge is -2.10. The van der Waals surface area contributed by atoms with Crippen LogP contribution in [0, 0.1) is 23.5 Å². The second-order valence-corrected chi connectivity index (χ2v) is 4.53. The van der Waals surface area contributed by atoms with Crippen molar-refractivity contribution in [2.75, 3.05) is 6.61 Å². The maximum atomic E-state index is 13.3. The second kappa shape index (κ2) is 7.07. The minimum Gasteiger partial charge on any atom is -0.487 e. The maximum Gasteiger partial charge on any atom is 0.138 e. The van der Waals surface area contributed by atoms with Gasteiger partial charge in [-0.1, -0.05) is 29.5 Å². The van der Waals surface area contributed by atoms with Crippen molar-refractivity contribution in [3.05, 3.63) is 64.2 Å². The van der Waals surface area contributed by atoms with Crippen LogP contribution in [-0.4, -0.2) is 11.7 Å². The third kappa shape index (κ3) is 4.19. The van der Waals surface area contributed by atoms with E-state index in [1.807, 2.05) is 0 Å². The fourth-order valence-electron chi connectivity index (χ4n) is 1.65. The summed E-state index contributed by atoms with van der Waals surface area (Å²) in [7, 11) is 0. The molecule has 0 radical (unpaired) electrons. The fourth-order valence-corrected chi connectivity index (χ4v) is 1.87. The van der Waals surface area contributed by atoms with Crippen molar-refractivity contribution < 1.29 is 18.6 Å². The Balaban J connectivity index is 2.20. The molecular weight excluding hydrogens is 298 g/mol. The van der Waals surface area contributed by atoms with E-state index in [-0.39, 0.29) is 24.0 Å². The number of aliphatic hydroxyl groups is 1. The molecule has 0 aliphatic carbocycles. The zero-order valence-corrected chi connectivity index (χ0v) is 11.6. The molecule has 0 unspecified atom stereocenters. The molecule has 0 amide bonds. The van der Waals surface area contributed by atoms with Gasteiger partial charge in [0, 0.05) is 11.6 Å². The summed E-state index contributed by atoms with van der Waals surface area (Å²) >= 11 is 5.90. The van der Waals surface area contributed by atoms with Gasteiger partial charge >= 0.3 is 0 Å². The highest BCUT2D eigenvalue weighted by Gasteiger charge is 2.07. The molecule has 0 spiro atoms. The van der Waals surface area contributed by atoms with Gasteiger partial charge in [0.1, 0.15) is 30.6 Å². The third-order valence-electron chi connectivity index (χ3n) is 2.64. The normalized spacial score (nSPS) is 9.90. The Morgan fingerprint density at radius 1 is 1.10 bits per heavy atom. The smallest absolute Gasteiger partial charge is 0.138 e. The van der Waals surface area contributed by atoms with Gasteiger partial charge in [-0.15, -0.1) is 0 Å². The van der Waals surface area contributed by atoms with E-state index in [2.05, 4.69) is 11.8 Å². The number of hydrogen-bond donors (Lipinski definition) is 1. The van der Waals surface area contributed by atoms with Crippen LogP contribution < -0.4 is 4.74 Å². The van der Waals surface area contributed by atoms with Gasteiger partial charge in [0.25, 0.3) is 0 Å². The Bertz CT molecular complexity index is 705. The molecule has 2 aromatic carbocycles. The van der Waals surface area contributed by atoms with E-state index in [9.17, 15) is 8.78 Å². The van der Waals surface area contributed by atoms with Crippen LogP contribution in [0.2, 0.25) is 5.02 Å². The topological polar surface area (TPSA) is 29.5 Å². The molecule has 2 rings (SSSR count). The molecule has 1 N–H and O–H groups in total. The van der Waals surface area contributed by atoms with Crippen molar-refractivity contribution in [1.29, 1.82) is 0 Å². The van der Waals surface area contributed by atoms with Crippen molar-refractivity contribution in [1.82, 2.24) is 0 Å². The maximum absolute atomic E-state index is 13.3. The number of rotatable bonds is 3. The molecule has 21 heavy (non-hydrogen) atoms. The van der Waals surface area contributed by atoms with E-state index < -0.39 is 11.6 Å². The van der Waals surface area contributed by atoms with Gasteiger partial charge in [0.15, 0.2) is 0 Å². The Hall–Kier alpha value is -2.09. The van der Waals surface area contributed by atoms with Gasteiger partial charge in [-0.25, -0.2) is 8.78 Å². The predicted molar refractivity (Wildman–Crippen MR) is 76.1 cm³/mol.